The Labute approximate surface area is 128 Å². The predicted molar refractivity (Wildman–Crippen MR) is 85.2 cm³/mol. The number of hydrogen-bond acceptors (Lipinski definition) is 5. The molecular weight excluding hydrogens is 278 g/mol. The van der Waals surface area contributed by atoms with Crippen LogP contribution in [0, 0.1) is 0 Å². The summed E-state index contributed by atoms with van der Waals surface area (Å²) in [5, 5.41) is 4.43. The maximum absolute atomic E-state index is 6.03. The smallest absolute Gasteiger partial charge is 0.164 e. The maximum atomic E-state index is 6.03. The fraction of sp³-hybridized carbons (Fsp3) is 0.176. The summed E-state index contributed by atoms with van der Waals surface area (Å²) in [7, 11) is 1.66. The van der Waals surface area contributed by atoms with Crippen LogP contribution in [0.5, 0.6) is 11.5 Å². The van der Waals surface area contributed by atoms with Gasteiger partial charge in [-0.15, -0.1) is 0 Å². The number of nitrogens with one attached hydrogen (secondary N) is 1. The van der Waals surface area contributed by atoms with Crippen molar-refractivity contribution in [3.05, 3.63) is 54.1 Å². The van der Waals surface area contributed by atoms with Gasteiger partial charge in [0.05, 0.1) is 12.8 Å². The highest BCUT2D eigenvalue weighted by atomic mass is 16.5. The molecule has 2 aromatic rings. The van der Waals surface area contributed by atoms with E-state index in [-0.39, 0.29) is 6.10 Å². The Morgan fingerprint density at radius 3 is 2.77 bits per heavy atom. The first-order valence-corrected chi connectivity index (χ1v) is 7.15. The van der Waals surface area contributed by atoms with Crippen molar-refractivity contribution >= 4 is 17.2 Å². The molecule has 0 bridgehead atoms. The van der Waals surface area contributed by atoms with Gasteiger partial charge in [-0.05, 0) is 42.0 Å². The number of rotatable bonds is 2. The van der Waals surface area contributed by atoms with Gasteiger partial charge in [-0.25, -0.2) is 4.99 Å². The molecule has 0 saturated heterocycles. The average molecular weight is 293 g/mol. The second-order valence-corrected chi connectivity index (χ2v) is 5.17. The summed E-state index contributed by atoms with van der Waals surface area (Å²) in [5.41, 5.74) is 5.86. The molecule has 110 valence electrons. The predicted octanol–water partition coefficient (Wildman–Crippen LogP) is 2.88. The Morgan fingerprint density at radius 2 is 1.95 bits per heavy atom. The maximum Gasteiger partial charge on any atom is 0.164 e. The quantitative estimate of drug-likeness (QED) is 0.926. The molecule has 4 rings (SSSR count). The van der Waals surface area contributed by atoms with Gasteiger partial charge in [-0.1, -0.05) is 12.1 Å². The first-order chi connectivity index (χ1) is 10.8. The lowest BCUT2D eigenvalue weighted by Gasteiger charge is -2.29. The van der Waals surface area contributed by atoms with Crippen LogP contribution in [0.3, 0.4) is 0 Å². The Balaban J connectivity index is 1.61. The van der Waals surface area contributed by atoms with Gasteiger partial charge in [0.15, 0.2) is 11.9 Å². The van der Waals surface area contributed by atoms with Gasteiger partial charge in [-0.3, -0.25) is 5.43 Å². The van der Waals surface area contributed by atoms with Crippen molar-refractivity contribution in [2.45, 2.75) is 12.5 Å². The molecule has 1 N–H and O–H groups in total. The topological polar surface area (TPSA) is 55.2 Å². The zero-order valence-corrected chi connectivity index (χ0v) is 12.1. The van der Waals surface area contributed by atoms with Crippen molar-refractivity contribution in [2.24, 2.45) is 10.1 Å². The molecule has 0 aromatic heterocycles. The summed E-state index contributed by atoms with van der Waals surface area (Å²) in [6.45, 7) is 0. The lowest BCUT2D eigenvalue weighted by atomic mass is 10.0. The highest BCUT2D eigenvalue weighted by Gasteiger charge is 2.29. The fourth-order valence-electron chi connectivity index (χ4n) is 2.61. The number of methoxy groups -OCH3 is 1. The molecule has 1 atom stereocenters. The molecule has 0 saturated carbocycles. The van der Waals surface area contributed by atoms with E-state index < -0.39 is 0 Å². The molecule has 1 unspecified atom stereocenters. The number of amidine groups is 1. The van der Waals surface area contributed by atoms with E-state index in [0.717, 1.165) is 34.3 Å². The Morgan fingerprint density at radius 1 is 1.14 bits per heavy atom. The van der Waals surface area contributed by atoms with Crippen LogP contribution in [-0.2, 0) is 0 Å². The van der Waals surface area contributed by atoms with Gasteiger partial charge >= 0.3 is 0 Å². The van der Waals surface area contributed by atoms with E-state index in [1.54, 1.807) is 7.11 Å². The third-order valence-corrected chi connectivity index (χ3v) is 3.79. The summed E-state index contributed by atoms with van der Waals surface area (Å²) >= 11 is 0. The Hall–Kier alpha value is -2.82. The van der Waals surface area contributed by atoms with E-state index in [9.17, 15) is 0 Å². The van der Waals surface area contributed by atoms with E-state index in [1.165, 1.54) is 0 Å². The number of nitrogens with zero attached hydrogens (tertiary/aromatic N) is 2. The van der Waals surface area contributed by atoms with E-state index in [4.69, 9.17) is 9.47 Å². The summed E-state index contributed by atoms with van der Waals surface area (Å²) in [6, 6.07) is 15.6. The van der Waals surface area contributed by atoms with Crippen molar-refractivity contribution < 1.29 is 9.47 Å². The molecule has 2 aliphatic rings. The molecule has 0 aliphatic carbocycles. The SMILES string of the molecule is COc1ccc(C2=NNC3=Nc4ccccc4OC3C2)cc1. The molecular formula is C17H15N3O2. The summed E-state index contributed by atoms with van der Waals surface area (Å²) in [4.78, 5) is 4.58. The van der Waals surface area contributed by atoms with Gasteiger partial charge < -0.3 is 9.47 Å². The molecule has 0 fully saturated rings. The van der Waals surface area contributed by atoms with Crippen LogP contribution >= 0.6 is 0 Å². The molecule has 2 aliphatic heterocycles. The molecule has 5 heteroatoms. The molecule has 0 radical (unpaired) electrons. The van der Waals surface area contributed by atoms with Gasteiger partial charge in [0.1, 0.15) is 17.2 Å². The molecule has 2 aromatic carbocycles. The highest BCUT2D eigenvalue weighted by molar-refractivity contribution is 6.07. The summed E-state index contributed by atoms with van der Waals surface area (Å²) < 4.78 is 11.2. The Bertz CT molecular complexity index is 766. The van der Waals surface area contributed by atoms with Crippen molar-refractivity contribution in [2.75, 3.05) is 7.11 Å². The standard InChI is InChI=1S/C17H15N3O2/c1-21-12-8-6-11(7-9-12)14-10-16-17(20-19-14)18-13-4-2-3-5-15(13)22-16/h2-9,16H,10H2,1H3,(H,18,20). The van der Waals surface area contributed by atoms with E-state index in [2.05, 4.69) is 15.5 Å². The minimum absolute atomic E-state index is 0.121. The molecule has 0 spiro atoms. The number of hydrazone groups is 1. The van der Waals surface area contributed by atoms with Crippen LogP contribution < -0.4 is 14.9 Å². The number of ether oxygens (including phenoxy) is 2. The second kappa shape index (κ2) is 5.18. The van der Waals surface area contributed by atoms with Crippen LogP contribution in [0.2, 0.25) is 0 Å². The third-order valence-electron chi connectivity index (χ3n) is 3.79. The van der Waals surface area contributed by atoms with Gasteiger partial charge in [-0.2, -0.15) is 5.10 Å². The average Bonchev–Trinajstić information content (AvgIpc) is 2.59. The van der Waals surface area contributed by atoms with Gasteiger partial charge in [0.2, 0.25) is 0 Å². The second-order valence-electron chi connectivity index (χ2n) is 5.17. The fourth-order valence-corrected chi connectivity index (χ4v) is 2.61. The molecule has 22 heavy (non-hydrogen) atoms. The molecule has 0 amide bonds. The van der Waals surface area contributed by atoms with Crippen molar-refractivity contribution in [1.82, 2.24) is 5.43 Å². The summed E-state index contributed by atoms with van der Waals surface area (Å²) in [5.74, 6) is 2.41. The zero-order chi connectivity index (χ0) is 14.9. The Kier molecular flexibility index (Phi) is 3.04. The number of fused-ring (bicyclic) bond motifs is 2. The van der Waals surface area contributed by atoms with Gasteiger partial charge in [0.25, 0.3) is 0 Å². The first kappa shape index (κ1) is 12.9. The number of aliphatic imine (C=N–C) groups is 1. The highest BCUT2D eigenvalue weighted by Crippen LogP contribution is 2.33. The number of benzene rings is 2. The third kappa shape index (κ3) is 2.20. The van der Waals surface area contributed by atoms with Crippen LogP contribution in [0.1, 0.15) is 12.0 Å². The van der Waals surface area contributed by atoms with Crippen molar-refractivity contribution in [3.63, 3.8) is 0 Å². The van der Waals surface area contributed by atoms with Crippen LogP contribution in [0.25, 0.3) is 0 Å². The van der Waals surface area contributed by atoms with Crippen molar-refractivity contribution in [1.29, 1.82) is 0 Å². The monoisotopic (exact) mass is 293 g/mol. The van der Waals surface area contributed by atoms with Crippen LogP contribution in [0.4, 0.5) is 5.69 Å². The molecule has 5 nitrogen and oxygen atoms in total. The molecule has 2 heterocycles. The lowest BCUT2D eigenvalue weighted by molar-refractivity contribution is 0.263. The van der Waals surface area contributed by atoms with E-state index in [0.29, 0.717) is 6.42 Å². The van der Waals surface area contributed by atoms with Crippen molar-refractivity contribution in [3.8, 4) is 11.5 Å². The normalized spacial score (nSPS) is 18.9. The first-order valence-electron chi connectivity index (χ1n) is 7.15. The number of para-hydroxylation sites is 2. The van der Waals surface area contributed by atoms with E-state index >= 15 is 0 Å². The largest absolute Gasteiger partial charge is 0.497 e. The van der Waals surface area contributed by atoms with Crippen LogP contribution in [-0.4, -0.2) is 24.8 Å². The minimum Gasteiger partial charge on any atom is -0.497 e. The lowest BCUT2D eigenvalue weighted by Crippen LogP contribution is -2.43. The number of hydrogen-bond donors (Lipinski definition) is 1. The summed E-state index contributed by atoms with van der Waals surface area (Å²) in [6.07, 6.45) is 0.566. The van der Waals surface area contributed by atoms with Gasteiger partial charge in [0, 0.05) is 6.42 Å². The zero-order valence-electron chi connectivity index (χ0n) is 12.1. The minimum atomic E-state index is -0.121. The van der Waals surface area contributed by atoms with Crippen LogP contribution in [0.15, 0.2) is 58.6 Å². The van der Waals surface area contributed by atoms with E-state index in [1.807, 2.05) is 48.5 Å².